The number of anilines is 1. The number of hydrogen-bond donors (Lipinski definition) is 2. The molecule has 0 atom stereocenters. The molecule has 0 heterocycles. The fourth-order valence-electron chi connectivity index (χ4n) is 1.82. The van der Waals surface area contributed by atoms with E-state index in [0.29, 0.717) is 16.7 Å². The average molecular weight is 381 g/mol. The van der Waals surface area contributed by atoms with Gasteiger partial charge in [0.05, 0.1) is 7.11 Å². The third-order valence-corrected chi connectivity index (χ3v) is 6.93. The Labute approximate surface area is 131 Å². The predicted octanol–water partition coefficient (Wildman–Crippen LogP) is 2.21. The van der Waals surface area contributed by atoms with Gasteiger partial charge in [-0.3, -0.25) is 0 Å². The second-order valence-corrected chi connectivity index (χ2v) is 8.60. The summed E-state index contributed by atoms with van der Waals surface area (Å²) < 4.78 is 33.2. The number of ether oxygens (including phenoxy) is 1. The van der Waals surface area contributed by atoms with E-state index in [1.54, 1.807) is 17.8 Å². The Hall–Kier alpha value is -0.440. The second kappa shape index (κ2) is 5.75. The Morgan fingerprint density at radius 1 is 1.50 bits per heavy atom. The highest BCUT2D eigenvalue weighted by Gasteiger charge is 2.42. The van der Waals surface area contributed by atoms with E-state index in [-0.39, 0.29) is 15.4 Å². The normalized spacial score (nSPS) is 16.9. The first-order valence-corrected chi connectivity index (χ1v) is 9.51. The van der Waals surface area contributed by atoms with E-state index in [1.807, 2.05) is 6.26 Å². The van der Waals surface area contributed by atoms with Crippen LogP contribution >= 0.6 is 27.7 Å². The first-order chi connectivity index (χ1) is 9.33. The summed E-state index contributed by atoms with van der Waals surface area (Å²) in [5.41, 5.74) is 6.12. The Morgan fingerprint density at radius 2 is 2.15 bits per heavy atom. The molecule has 0 aliphatic heterocycles. The van der Waals surface area contributed by atoms with E-state index >= 15 is 0 Å². The fraction of sp³-hybridized carbons (Fsp3) is 0.500. The number of nitrogens with two attached hydrogens (primary N) is 1. The zero-order valence-electron chi connectivity index (χ0n) is 11.3. The van der Waals surface area contributed by atoms with Crippen LogP contribution in [-0.4, -0.2) is 33.1 Å². The first kappa shape index (κ1) is 15.9. The Morgan fingerprint density at radius 3 is 2.65 bits per heavy atom. The highest BCUT2D eigenvalue weighted by molar-refractivity contribution is 9.10. The van der Waals surface area contributed by atoms with Crippen LogP contribution in [0.3, 0.4) is 0 Å². The monoisotopic (exact) mass is 380 g/mol. The molecule has 1 aromatic carbocycles. The standard InChI is InChI=1S/C12H17BrN2O3S2/c1-18-10-5-8(13)9(14)6-11(10)20(16,17)15-7-12(19-2)3-4-12/h5-6,15H,3-4,7,14H2,1-2H3. The Kier molecular flexibility index (Phi) is 4.58. The zero-order chi connectivity index (χ0) is 15.0. The maximum absolute atomic E-state index is 12.4. The van der Waals surface area contributed by atoms with Crippen LogP contribution in [0, 0.1) is 0 Å². The summed E-state index contributed by atoms with van der Waals surface area (Å²) in [7, 11) is -2.20. The van der Waals surface area contributed by atoms with Gasteiger partial charge >= 0.3 is 0 Å². The van der Waals surface area contributed by atoms with E-state index < -0.39 is 10.0 Å². The molecule has 0 radical (unpaired) electrons. The van der Waals surface area contributed by atoms with Crippen LogP contribution in [-0.2, 0) is 10.0 Å². The van der Waals surface area contributed by atoms with Gasteiger partial charge in [0.2, 0.25) is 10.0 Å². The van der Waals surface area contributed by atoms with Gasteiger partial charge in [-0.25, -0.2) is 13.1 Å². The lowest BCUT2D eigenvalue weighted by Crippen LogP contribution is -2.32. The molecule has 1 aliphatic carbocycles. The van der Waals surface area contributed by atoms with Crippen molar-refractivity contribution in [3.8, 4) is 5.75 Å². The molecule has 0 spiro atoms. The van der Waals surface area contributed by atoms with Gasteiger partial charge in [0.25, 0.3) is 0 Å². The molecule has 2 rings (SSSR count). The minimum atomic E-state index is -3.63. The molecule has 0 aromatic heterocycles. The lowest BCUT2D eigenvalue weighted by Gasteiger charge is -2.15. The second-order valence-electron chi connectivity index (χ2n) is 4.74. The van der Waals surface area contributed by atoms with Gasteiger partial charge in [-0.2, -0.15) is 11.8 Å². The molecule has 8 heteroatoms. The van der Waals surface area contributed by atoms with E-state index in [1.165, 1.54) is 13.2 Å². The zero-order valence-corrected chi connectivity index (χ0v) is 14.5. The van der Waals surface area contributed by atoms with Gasteiger partial charge in [-0.05, 0) is 47.2 Å². The molecule has 0 saturated heterocycles. The van der Waals surface area contributed by atoms with Gasteiger partial charge in [0.1, 0.15) is 10.6 Å². The molecule has 3 N–H and O–H groups in total. The summed E-state index contributed by atoms with van der Waals surface area (Å²) in [5.74, 6) is 0.271. The first-order valence-electron chi connectivity index (χ1n) is 6.01. The molecular formula is C12H17BrN2O3S2. The van der Waals surface area contributed by atoms with Crippen molar-refractivity contribution in [3.63, 3.8) is 0 Å². The average Bonchev–Trinajstić information content (AvgIpc) is 3.20. The van der Waals surface area contributed by atoms with Crippen molar-refractivity contribution in [1.29, 1.82) is 0 Å². The molecular weight excluding hydrogens is 364 g/mol. The van der Waals surface area contributed by atoms with E-state index in [0.717, 1.165) is 12.8 Å². The van der Waals surface area contributed by atoms with Gasteiger partial charge in [0.15, 0.2) is 0 Å². The maximum atomic E-state index is 12.4. The summed E-state index contributed by atoms with van der Waals surface area (Å²) in [6.45, 7) is 0.426. The number of halogens is 1. The number of benzene rings is 1. The highest BCUT2D eigenvalue weighted by Crippen LogP contribution is 2.46. The summed E-state index contributed by atoms with van der Waals surface area (Å²) >= 11 is 4.96. The number of nitrogen functional groups attached to an aromatic ring is 1. The molecule has 112 valence electrons. The Bertz CT molecular complexity index is 615. The molecule has 0 unspecified atom stereocenters. The van der Waals surface area contributed by atoms with E-state index in [9.17, 15) is 8.42 Å². The summed E-state index contributed by atoms with van der Waals surface area (Å²) in [4.78, 5) is 0.0672. The lowest BCUT2D eigenvalue weighted by atomic mass is 10.3. The number of thioether (sulfide) groups is 1. The fourth-order valence-corrected chi connectivity index (χ4v) is 4.27. The van der Waals surface area contributed by atoms with Crippen LogP contribution in [0.5, 0.6) is 5.75 Å². The molecule has 0 bridgehead atoms. The van der Waals surface area contributed by atoms with Gasteiger partial charge in [0, 0.05) is 21.5 Å². The van der Waals surface area contributed by atoms with Gasteiger partial charge < -0.3 is 10.5 Å². The molecule has 5 nitrogen and oxygen atoms in total. The number of nitrogens with one attached hydrogen (secondary N) is 1. The van der Waals surface area contributed by atoms with Crippen molar-refractivity contribution in [2.75, 3.05) is 25.6 Å². The van der Waals surface area contributed by atoms with Crippen molar-refractivity contribution < 1.29 is 13.2 Å². The van der Waals surface area contributed by atoms with Crippen molar-refractivity contribution in [2.24, 2.45) is 0 Å². The number of rotatable bonds is 6. The molecule has 20 heavy (non-hydrogen) atoms. The SMILES string of the molecule is COc1cc(Br)c(N)cc1S(=O)(=O)NCC1(SC)CC1. The lowest BCUT2D eigenvalue weighted by molar-refractivity contribution is 0.402. The maximum Gasteiger partial charge on any atom is 0.244 e. The molecule has 0 amide bonds. The van der Waals surface area contributed by atoms with Crippen molar-refractivity contribution >= 4 is 43.4 Å². The van der Waals surface area contributed by atoms with Crippen molar-refractivity contribution in [1.82, 2.24) is 4.72 Å². The third kappa shape index (κ3) is 3.24. The minimum absolute atomic E-state index is 0.0568. The molecule has 1 saturated carbocycles. The Balaban J connectivity index is 2.27. The van der Waals surface area contributed by atoms with E-state index in [4.69, 9.17) is 10.5 Å². The highest BCUT2D eigenvalue weighted by atomic mass is 79.9. The quantitative estimate of drug-likeness (QED) is 0.739. The summed E-state index contributed by atoms with van der Waals surface area (Å²) in [5, 5.41) is 0. The van der Waals surface area contributed by atoms with Crippen LogP contribution in [0.2, 0.25) is 0 Å². The van der Waals surface area contributed by atoms with Crippen LogP contribution < -0.4 is 15.2 Å². The van der Waals surface area contributed by atoms with Crippen LogP contribution in [0.25, 0.3) is 0 Å². The summed E-state index contributed by atoms with van der Waals surface area (Å²) in [6.07, 6.45) is 4.08. The smallest absolute Gasteiger partial charge is 0.244 e. The van der Waals surface area contributed by atoms with Crippen LogP contribution in [0.4, 0.5) is 5.69 Å². The van der Waals surface area contributed by atoms with Crippen molar-refractivity contribution in [2.45, 2.75) is 22.5 Å². The summed E-state index contributed by atoms with van der Waals surface area (Å²) in [6, 6.07) is 2.97. The predicted molar refractivity (Wildman–Crippen MR) is 85.8 cm³/mol. The molecule has 1 fully saturated rings. The number of methoxy groups -OCH3 is 1. The van der Waals surface area contributed by atoms with Crippen molar-refractivity contribution in [3.05, 3.63) is 16.6 Å². The topological polar surface area (TPSA) is 81.4 Å². The van der Waals surface area contributed by atoms with Crippen LogP contribution in [0.15, 0.2) is 21.5 Å². The molecule has 1 aromatic rings. The van der Waals surface area contributed by atoms with Gasteiger partial charge in [-0.15, -0.1) is 0 Å². The third-order valence-electron chi connectivity index (χ3n) is 3.40. The number of sulfonamides is 1. The number of hydrogen-bond acceptors (Lipinski definition) is 5. The minimum Gasteiger partial charge on any atom is -0.495 e. The largest absolute Gasteiger partial charge is 0.495 e. The van der Waals surface area contributed by atoms with E-state index in [2.05, 4.69) is 20.7 Å². The van der Waals surface area contributed by atoms with Crippen LogP contribution in [0.1, 0.15) is 12.8 Å². The van der Waals surface area contributed by atoms with Gasteiger partial charge in [-0.1, -0.05) is 0 Å². The molecule has 1 aliphatic rings.